The van der Waals surface area contributed by atoms with Gasteiger partial charge in [0.25, 0.3) is 0 Å². The van der Waals surface area contributed by atoms with E-state index < -0.39 is 21.6 Å². The van der Waals surface area contributed by atoms with Crippen molar-refractivity contribution >= 4 is 20.7 Å². The van der Waals surface area contributed by atoms with Crippen molar-refractivity contribution in [2.45, 2.75) is 30.8 Å². The van der Waals surface area contributed by atoms with Gasteiger partial charge in [0.1, 0.15) is 11.5 Å². The predicted octanol–water partition coefficient (Wildman–Crippen LogP) is 7.24. The first kappa shape index (κ1) is 23.8. The van der Waals surface area contributed by atoms with Gasteiger partial charge in [-0.2, -0.15) is 13.2 Å². The molecule has 176 valence electrons. The fraction of sp³-hybridized carbons (Fsp3) is 0.192. The minimum Gasteiger partial charge on any atom is -0.457 e. The molecule has 0 aliphatic carbocycles. The number of hydrogen-bond donors (Lipinski definition) is 0. The summed E-state index contributed by atoms with van der Waals surface area (Å²) in [5, 5.41) is 0.400. The molecule has 0 unspecified atom stereocenters. The number of pyridine rings is 1. The van der Waals surface area contributed by atoms with Crippen molar-refractivity contribution in [2.75, 3.05) is 6.26 Å². The summed E-state index contributed by atoms with van der Waals surface area (Å²) in [6, 6.07) is 17.2. The first-order valence-corrected chi connectivity index (χ1v) is 12.4. The van der Waals surface area contributed by atoms with Crippen LogP contribution in [0.15, 0.2) is 77.8 Å². The number of benzene rings is 3. The lowest BCUT2D eigenvalue weighted by molar-refractivity contribution is -0.136. The van der Waals surface area contributed by atoms with E-state index in [2.05, 4.69) is 4.98 Å². The van der Waals surface area contributed by atoms with Crippen LogP contribution in [0.5, 0.6) is 11.5 Å². The Labute approximate surface area is 196 Å². The summed E-state index contributed by atoms with van der Waals surface area (Å²) in [5.74, 6) is 0.773. The molecule has 0 spiro atoms. The van der Waals surface area contributed by atoms with Gasteiger partial charge in [0.15, 0.2) is 9.84 Å². The fourth-order valence-electron chi connectivity index (χ4n) is 3.85. The van der Waals surface area contributed by atoms with E-state index in [-0.39, 0.29) is 16.3 Å². The number of halogens is 3. The number of fused-ring (bicyclic) bond motifs is 1. The summed E-state index contributed by atoms with van der Waals surface area (Å²) in [6.45, 7) is 3.91. The van der Waals surface area contributed by atoms with Crippen molar-refractivity contribution in [1.29, 1.82) is 0 Å². The summed E-state index contributed by atoms with van der Waals surface area (Å²) in [4.78, 5) is 4.30. The van der Waals surface area contributed by atoms with Crippen LogP contribution in [0.3, 0.4) is 0 Å². The highest BCUT2D eigenvalue weighted by molar-refractivity contribution is 7.90. The molecule has 4 nitrogen and oxygen atoms in total. The Kier molecular flexibility index (Phi) is 6.12. The van der Waals surface area contributed by atoms with Crippen molar-refractivity contribution in [3.05, 3.63) is 84.1 Å². The highest BCUT2D eigenvalue weighted by Crippen LogP contribution is 2.41. The molecular formula is C26H22F3NO3S. The summed E-state index contributed by atoms with van der Waals surface area (Å²) >= 11 is 0. The Morgan fingerprint density at radius 3 is 2.21 bits per heavy atom. The Balaban J connectivity index is 1.86. The molecule has 1 aromatic heterocycles. The molecule has 4 aromatic rings. The molecule has 4 rings (SSSR count). The summed E-state index contributed by atoms with van der Waals surface area (Å²) in [6.07, 6.45) is -1.91. The smallest absolute Gasteiger partial charge is 0.418 e. The monoisotopic (exact) mass is 485 g/mol. The predicted molar refractivity (Wildman–Crippen MR) is 126 cm³/mol. The largest absolute Gasteiger partial charge is 0.457 e. The van der Waals surface area contributed by atoms with E-state index in [1.807, 2.05) is 13.8 Å². The van der Waals surface area contributed by atoms with E-state index in [0.29, 0.717) is 28.0 Å². The van der Waals surface area contributed by atoms with Crippen molar-refractivity contribution in [3.8, 4) is 22.6 Å². The molecule has 8 heteroatoms. The molecule has 34 heavy (non-hydrogen) atoms. The van der Waals surface area contributed by atoms with Crippen molar-refractivity contribution in [1.82, 2.24) is 4.98 Å². The van der Waals surface area contributed by atoms with Crippen LogP contribution < -0.4 is 4.74 Å². The molecule has 1 heterocycles. The maximum atomic E-state index is 13.6. The zero-order valence-corrected chi connectivity index (χ0v) is 19.5. The summed E-state index contributed by atoms with van der Waals surface area (Å²) < 4.78 is 70.5. The molecule has 3 aromatic carbocycles. The number of aromatic nitrogens is 1. The van der Waals surface area contributed by atoms with Crippen LogP contribution in [0.4, 0.5) is 13.2 Å². The third-order valence-electron chi connectivity index (χ3n) is 5.45. The number of para-hydroxylation sites is 1. The van der Waals surface area contributed by atoms with Crippen LogP contribution in [-0.2, 0) is 16.0 Å². The van der Waals surface area contributed by atoms with Crippen molar-refractivity contribution in [2.24, 2.45) is 0 Å². The fourth-order valence-corrected chi connectivity index (χ4v) is 4.50. The molecular weight excluding hydrogens is 463 g/mol. The Hall–Kier alpha value is -3.39. The van der Waals surface area contributed by atoms with E-state index in [9.17, 15) is 21.6 Å². The van der Waals surface area contributed by atoms with Gasteiger partial charge in [0.05, 0.1) is 16.0 Å². The lowest BCUT2D eigenvalue weighted by Gasteiger charge is -2.18. The second-order valence-electron chi connectivity index (χ2n) is 8.32. The highest BCUT2D eigenvalue weighted by atomic mass is 32.2. The van der Waals surface area contributed by atoms with Crippen LogP contribution in [0.1, 0.15) is 30.9 Å². The number of nitrogens with zero attached hydrogens (tertiary/aromatic N) is 1. The van der Waals surface area contributed by atoms with Crippen molar-refractivity contribution < 1.29 is 26.3 Å². The number of ether oxygens (including phenoxy) is 1. The quantitative estimate of drug-likeness (QED) is 0.299. The van der Waals surface area contributed by atoms with Gasteiger partial charge in [0, 0.05) is 17.8 Å². The first-order valence-electron chi connectivity index (χ1n) is 10.5. The van der Waals surface area contributed by atoms with Crippen LogP contribution in [0.2, 0.25) is 0 Å². The zero-order chi connectivity index (χ0) is 24.7. The molecule has 0 aliphatic rings. The number of sulfone groups is 1. The van der Waals surface area contributed by atoms with E-state index >= 15 is 0 Å². The topological polar surface area (TPSA) is 56.3 Å². The molecule has 0 N–H and O–H groups in total. The standard InChI is InChI=1S/C26H22F3NO3S/c1-16(2)22-15-30-25-21(11-6-12-23(25)26(27,28)29)24(22)17-7-4-8-18(13-17)33-19-9-5-10-20(14-19)34(3,31)32/h4-16H,1-3H3. The van der Waals surface area contributed by atoms with Gasteiger partial charge in [-0.1, -0.05) is 44.2 Å². The van der Waals surface area contributed by atoms with Gasteiger partial charge < -0.3 is 4.74 Å². The van der Waals surface area contributed by atoms with E-state index in [4.69, 9.17) is 4.74 Å². The second kappa shape index (κ2) is 8.76. The molecule has 0 fully saturated rings. The Morgan fingerprint density at radius 1 is 0.912 bits per heavy atom. The zero-order valence-electron chi connectivity index (χ0n) is 18.7. The number of alkyl halides is 3. The molecule has 0 atom stereocenters. The molecule has 0 amide bonds. The number of hydrogen-bond acceptors (Lipinski definition) is 4. The molecule has 0 radical (unpaired) electrons. The van der Waals surface area contributed by atoms with Gasteiger partial charge in [-0.3, -0.25) is 4.98 Å². The maximum Gasteiger partial charge on any atom is 0.418 e. The van der Waals surface area contributed by atoms with Crippen LogP contribution >= 0.6 is 0 Å². The minimum atomic E-state index is -4.53. The van der Waals surface area contributed by atoms with Gasteiger partial charge in [-0.25, -0.2) is 8.42 Å². The Morgan fingerprint density at radius 2 is 1.56 bits per heavy atom. The van der Waals surface area contributed by atoms with Crippen LogP contribution in [0.25, 0.3) is 22.0 Å². The summed E-state index contributed by atoms with van der Waals surface area (Å²) in [7, 11) is -3.40. The third kappa shape index (κ3) is 4.77. The average Bonchev–Trinajstić information content (AvgIpc) is 2.77. The number of rotatable bonds is 5. The lowest BCUT2D eigenvalue weighted by Crippen LogP contribution is -2.07. The van der Waals surface area contributed by atoms with Gasteiger partial charge >= 0.3 is 6.18 Å². The average molecular weight is 486 g/mol. The minimum absolute atomic E-state index is 0.0115. The first-order chi connectivity index (χ1) is 15.9. The van der Waals surface area contributed by atoms with E-state index in [1.165, 1.54) is 24.4 Å². The van der Waals surface area contributed by atoms with E-state index in [0.717, 1.165) is 17.9 Å². The van der Waals surface area contributed by atoms with Gasteiger partial charge in [-0.05, 0) is 59.0 Å². The Bertz CT molecular complexity index is 1480. The molecule has 0 saturated heterocycles. The molecule has 0 aliphatic heterocycles. The van der Waals surface area contributed by atoms with Crippen LogP contribution in [-0.4, -0.2) is 19.7 Å². The van der Waals surface area contributed by atoms with Crippen molar-refractivity contribution in [3.63, 3.8) is 0 Å². The van der Waals surface area contributed by atoms with E-state index in [1.54, 1.807) is 42.5 Å². The SMILES string of the molecule is CC(C)c1cnc2c(C(F)(F)F)cccc2c1-c1cccc(Oc2cccc(S(C)(=O)=O)c2)c1. The second-order valence-corrected chi connectivity index (χ2v) is 10.3. The highest BCUT2D eigenvalue weighted by Gasteiger charge is 2.33. The third-order valence-corrected chi connectivity index (χ3v) is 6.56. The van der Waals surface area contributed by atoms with Gasteiger partial charge in [0.2, 0.25) is 0 Å². The normalized spacial score (nSPS) is 12.3. The van der Waals surface area contributed by atoms with Gasteiger partial charge in [-0.15, -0.1) is 0 Å². The maximum absolute atomic E-state index is 13.6. The lowest BCUT2D eigenvalue weighted by atomic mass is 9.90. The van der Waals surface area contributed by atoms with Crippen LogP contribution in [0, 0.1) is 0 Å². The molecule has 0 bridgehead atoms. The molecule has 0 saturated carbocycles. The summed E-state index contributed by atoms with van der Waals surface area (Å²) in [5.41, 5.74) is 1.24.